The number of pyridine rings is 1. The van der Waals surface area contributed by atoms with Crippen LogP contribution in [-0.4, -0.2) is 18.2 Å². The van der Waals surface area contributed by atoms with Crippen molar-refractivity contribution < 1.29 is 4.74 Å². The van der Waals surface area contributed by atoms with Crippen molar-refractivity contribution in [3.05, 3.63) is 30.1 Å². The number of nitrogens with two attached hydrogens (primary N) is 1. The first kappa shape index (κ1) is 11.5. The molecule has 1 atom stereocenters. The van der Waals surface area contributed by atoms with Crippen LogP contribution in [0, 0.1) is 5.92 Å². The number of nitrogens with one attached hydrogen (secondary N) is 1. The Morgan fingerprint density at radius 2 is 2.06 bits per heavy atom. The number of nitrogens with zero attached hydrogens (tertiary/aromatic N) is 1. The average molecular weight is 221 g/mol. The van der Waals surface area contributed by atoms with Gasteiger partial charge >= 0.3 is 0 Å². The van der Waals surface area contributed by atoms with Gasteiger partial charge < -0.3 is 4.74 Å². The molecule has 0 aliphatic carbocycles. The minimum Gasteiger partial charge on any atom is -0.381 e. The molecular formula is C12H19N3O. The van der Waals surface area contributed by atoms with Crippen LogP contribution in [0.4, 0.5) is 0 Å². The molecule has 0 amide bonds. The van der Waals surface area contributed by atoms with E-state index in [0.29, 0.717) is 5.92 Å². The summed E-state index contributed by atoms with van der Waals surface area (Å²) in [6, 6.07) is 4.26. The van der Waals surface area contributed by atoms with E-state index in [1.165, 1.54) is 5.56 Å². The zero-order valence-electron chi connectivity index (χ0n) is 9.43. The normalized spacial score (nSPS) is 19.6. The summed E-state index contributed by atoms with van der Waals surface area (Å²) in [5.74, 6) is 6.33. The fourth-order valence-electron chi connectivity index (χ4n) is 2.21. The Bertz CT molecular complexity index is 298. The molecule has 1 fully saturated rings. The molecule has 1 unspecified atom stereocenters. The second-order valence-electron chi connectivity index (χ2n) is 4.29. The summed E-state index contributed by atoms with van der Waals surface area (Å²) < 4.78 is 5.36. The lowest BCUT2D eigenvalue weighted by Gasteiger charge is -2.26. The highest BCUT2D eigenvalue weighted by molar-refractivity contribution is 5.14. The standard InChI is InChI=1S/C12H19N3O/c13-15-12(11-1-5-14-6-2-11)9-10-3-7-16-8-4-10/h1-2,5-6,10,12,15H,3-4,7-9,13H2. The van der Waals surface area contributed by atoms with Crippen LogP contribution < -0.4 is 11.3 Å². The van der Waals surface area contributed by atoms with Gasteiger partial charge in [-0.3, -0.25) is 16.3 Å². The molecule has 2 rings (SSSR count). The first-order chi connectivity index (χ1) is 7.90. The van der Waals surface area contributed by atoms with Gasteiger partial charge in [0.25, 0.3) is 0 Å². The van der Waals surface area contributed by atoms with Gasteiger partial charge in [-0.2, -0.15) is 0 Å². The van der Waals surface area contributed by atoms with E-state index >= 15 is 0 Å². The van der Waals surface area contributed by atoms with Gasteiger partial charge in [-0.05, 0) is 42.9 Å². The molecule has 16 heavy (non-hydrogen) atoms. The van der Waals surface area contributed by atoms with Gasteiger partial charge in [-0.1, -0.05) is 0 Å². The summed E-state index contributed by atoms with van der Waals surface area (Å²) >= 11 is 0. The van der Waals surface area contributed by atoms with Crippen LogP contribution >= 0.6 is 0 Å². The van der Waals surface area contributed by atoms with Crippen molar-refractivity contribution in [2.75, 3.05) is 13.2 Å². The molecular weight excluding hydrogens is 202 g/mol. The minimum atomic E-state index is 0.228. The smallest absolute Gasteiger partial charge is 0.0468 e. The molecule has 1 saturated heterocycles. The maximum atomic E-state index is 5.62. The average Bonchev–Trinajstić information content (AvgIpc) is 2.38. The molecule has 2 heterocycles. The Morgan fingerprint density at radius 3 is 2.69 bits per heavy atom. The summed E-state index contributed by atoms with van der Waals surface area (Å²) in [5.41, 5.74) is 4.11. The molecule has 0 bridgehead atoms. The van der Waals surface area contributed by atoms with Crippen LogP contribution in [0.15, 0.2) is 24.5 Å². The Labute approximate surface area is 96.2 Å². The van der Waals surface area contributed by atoms with Crippen molar-refractivity contribution in [3.63, 3.8) is 0 Å². The number of aromatic nitrogens is 1. The predicted molar refractivity (Wildman–Crippen MR) is 62.5 cm³/mol. The number of hydrogen-bond acceptors (Lipinski definition) is 4. The first-order valence-corrected chi connectivity index (χ1v) is 5.84. The van der Waals surface area contributed by atoms with E-state index in [0.717, 1.165) is 32.5 Å². The van der Waals surface area contributed by atoms with E-state index in [-0.39, 0.29) is 6.04 Å². The molecule has 0 saturated carbocycles. The molecule has 1 aliphatic rings. The molecule has 4 heteroatoms. The topological polar surface area (TPSA) is 60.2 Å². The SMILES string of the molecule is NNC(CC1CCOCC1)c1ccncc1. The van der Waals surface area contributed by atoms with Gasteiger partial charge in [0.15, 0.2) is 0 Å². The third-order valence-corrected chi connectivity index (χ3v) is 3.22. The maximum Gasteiger partial charge on any atom is 0.0468 e. The lowest BCUT2D eigenvalue weighted by Crippen LogP contribution is -2.31. The number of rotatable bonds is 4. The van der Waals surface area contributed by atoms with Crippen molar-refractivity contribution in [1.29, 1.82) is 0 Å². The molecule has 88 valence electrons. The summed E-state index contributed by atoms with van der Waals surface area (Å²) in [5, 5.41) is 0. The van der Waals surface area contributed by atoms with Gasteiger partial charge in [0.2, 0.25) is 0 Å². The quantitative estimate of drug-likeness (QED) is 0.596. The van der Waals surface area contributed by atoms with Crippen molar-refractivity contribution in [3.8, 4) is 0 Å². The zero-order chi connectivity index (χ0) is 11.2. The van der Waals surface area contributed by atoms with E-state index in [1.807, 2.05) is 24.5 Å². The highest BCUT2D eigenvalue weighted by Gasteiger charge is 2.19. The second kappa shape index (κ2) is 5.94. The molecule has 1 aromatic heterocycles. The molecule has 3 N–H and O–H groups in total. The predicted octanol–water partition coefficient (Wildman–Crippen LogP) is 1.40. The van der Waals surface area contributed by atoms with Crippen LogP contribution in [0.5, 0.6) is 0 Å². The second-order valence-corrected chi connectivity index (χ2v) is 4.29. The van der Waals surface area contributed by atoms with Crippen LogP contribution in [0.25, 0.3) is 0 Å². The number of hydrogen-bond donors (Lipinski definition) is 2. The summed E-state index contributed by atoms with van der Waals surface area (Å²) in [6.45, 7) is 1.77. The highest BCUT2D eigenvalue weighted by Crippen LogP contribution is 2.26. The van der Waals surface area contributed by atoms with Crippen molar-refractivity contribution >= 4 is 0 Å². The Balaban J connectivity index is 1.94. The summed E-state index contributed by atoms with van der Waals surface area (Å²) in [7, 11) is 0. The van der Waals surface area contributed by atoms with Gasteiger partial charge in [-0.25, -0.2) is 0 Å². The Hall–Kier alpha value is -0.970. The van der Waals surface area contributed by atoms with E-state index in [2.05, 4.69) is 10.4 Å². The molecule has 0 radical (unpaired) electrons. The zero-order valence-corrected chi connectivity index (χ0v) is 9.43. The molecule has 4 nitrogen and oxygen atoms in total. The largest absolute Gasteiger partial charge is 0.381 e. The van der Waals surface area contributed by atoms with Crippen LogP contribution in [0.3, 0.4) is 0 Å². The van der Waals surface area contributed by atoms with Gasteiger partial charge in [0.1, 0.15) is 0 Å². The highest BCUT2D eigenvalue weighted by atomic mass is 16.5. The van der Waals surface area contributed by atoms with Crippen molar-refractivity contribution in [1.82, 2.24) is 10.4 Å². The van der Waals surface area contributed by atoms with E-state index < -0.39 is 0 Å². The minimum absolute atomic E-state index is 0.228. The number of ether oxygens (including phenoxy) is 1. The first-order valence-electron chi connectivity index (χ1n) is 5.84. The Morgan fingerprint density at radius 1 is 1.38 bits per heavy atom. The fraction of sp³-hybridized carbons (Fsp3) is 0.583. The van der Waals surface area contributed by atoms with Crippen LogP contribution in [-0.2, 0) is 4.74 Å². The lowest BCUT2D eigenvalue weighted by atomic mass is 9.90. The molecule has 1 aromatic rings. The van der Waals surface area contributed by atoms with Gasteiger partial charge in [0.05, 0.1) is 0 Å². The van der Waals surface area contributed by atoms with Gasteiger partial charge in [0, 0.05) is 31.6 Å². The monoisotopic (exact) mass is 221 g/mol. The lowest BCUT2D eigenvalue weighted by molar-refractivity contribution is 0.0605. The van der Waals surface area contributed by atoms with E-state index in [1.54, 1.807) is 0 Å². The van der Waals surface area contributed by atoms with E-state index in [9.17, 15) is 0 Å². The Kier molecular flexibility index (Phi) is 4.27. The molecule has 0 spiro atoms. The van der Waals surface area contributed by atoms with Crippen molar-refractivity contribution in [2.24, 2.45) is 11.8 Å². The third-order valence-electron chi connectivity index (χ3n) is 3.22. The summed E-state index contributed by atoms with van der Waals surface area (Å²) in [6.07, 6.45) is 6.98. The fourth-order valence-corrected chi connectivity index (χ4v) is 2.21. The van der Waals surface area contributed by atoms with E-state index in [4.69, 9.17) is 10.6 Å². The summed E-state index contributed by atoms with van der Waals surface area (Å²) in [4.78, 5) is 4.02. The van der Waals surface area contributed by atoms with Crippen LogP contribution in [0.1, 0.15) is 30.9 Å². The molecule has 1 aliphatic heterocycles. The van der Waals surface area contributed by atoms with Gasteiger partial charge in [-0.15, -0.1) is 0 Å². The van der Waals surface area contributed by atoms with Crippen LogP contribution in [0.2, 0.25) is 0 Å². The maximum absolute atomic E-state index is 5.62. The molecule has 0 aromatic carbocycles. The number of hydrazine groups is 1. The van der Waals surface area contributed by atoms with Crippen molar-refractivity contribution in [2.45, 2.75) is 25.3 Å². The third kappa shape index (κ3) is 3.01.